The van der Waals surface area contributed by atoms with Crippen LogP contribution in [-0.2, 0) is 4.74 Å². The van der Waals surface area contributed by atoms with E-state index in [1.165, 1.54) is 11.3 Å². The van der Waals surface area contributed by atoms with Crippen LogP contribution in [0.2, 0.25) is 0 Å². The molecule has 2 aromatic rings. The van der Waals surface area contributed by atoms with Crippen LogP contribution in [0.25, 0.3) is 10.2 Å². The summed E-state index contributed by atoms with van der Waals surface area (Å²) in [5.41, 5.74) is 0.242. The van der Waals surface area contributed by atoms with E-state index in [9.17, 15) is 4.79 Å². The van der Waals surface area contributed by atoms with E-state index >= 15 is 0 Å². The van der Waals surface area contributed by atoms with Gasteiger partial charge >= 0.3 is 6.09 Å². The average molecular weight is 359 g/mol. The van der Waals surface area contributed by atoms with Crippen LogP contribution >= 0.6 is 27.3 Å². The third-order valence-corrected chi connectivity index (χ3v) is 3.79. The summed E-state index contributed by atoms with van der Waals surface area (Å²) in [5.74, 6) is 0.733. The van der Waals surface area contributed by atoms with Crippen LogP contribution in [0.15, 0.2) is 16.6 Å². The lowest BCUT2D eigenvalue weighted by Gasteiger charge is -2.18. The number of hydrogen-bond donors (Lipinski definition) is 1. The van der Waals surface area contributed by atoms with Gasteiger partial charge in [-0.1, -0.05) is 11.3 Å². The van der Waals surface area contributed by atoms with Crippen molar-refractivity contribution in [3.05, 3.63) is 16.6 Å². The highest BCUT2D eigenvalue weighted by molar-refractivity contribution is 9.10. The lowest BCUT2D eigenvalue weighted by atomic mass is 10.2. The summed E-state index contributed by atoms with van der Waals surface area (Å²) in [7, 11) is 1.61. The third kappa shape index (κ3) is 3.61. The average Bonchev–Trinajstić information content (AvgIpc) is 2.69. The Labute approximate surface area is 129 Å². The van der Waals surface area contributed by atoms with Gasteiger partial charge in [-0.25, -0.2) is 9.78 Å². The second-order valence-corrected chi connectivity index (χ2v) is 6.99. The van der Waals surface area contributed by atoms with E-state index in [-0.39, 0.29) is 0 Å². The minimum atomic E-state index is -0.537. The monoisotopic (exact) mass is 358 g/mol. The number of carbonyl (C=O) groups excluding carboxylic acids is 1. The van der Waals surface area contributed by atoms with Crippen molar-refractivity contribution in [2.24, 2.45) is 0 Å². The van der Waals surface area contributed by atoms with Crippen molar-refractivity contribution in [2.45, 2.75) is 26.4 Å². The zero-order chi connectivity index (χ0) is 14.9. The van der Waals surface area contributed by atoms with Gasteiger partial charge in [-0.05, 0) is 48.8 Å². The Morgan fingerprint density at radius 3 is 2.70 bits per heavy atom. The third-order valence-electron chi connectivity index (χ3n) is 2.27. The first kappa shape index (κ1) is 15.1. The molecule has 0 aliphatic carbocycles. The standard InChI is InChI=1S/C13H15BrN2O3S/c1-13(2,3)19-12(17)16-11-15-10-8(14)5-7(18-4)6-9(10)20-11/h5-6H,1-4H3,(H,15,16,17). The number of fused-ring (bicyclic) bond motifs is 1. The fraction of sp³-hybridized carbons (Fsp3) is 0.385. The van der Waals surface area contributed by atoms with Gasteiger partial charge in [-0.2, -0.15) is 0 Å². The predicted molar refractivity (Wildman–Crippen MR) is 83.7 cm³/mol. The first-order chi connectivity index (χ1) is 9.28. The number of carbonyl (C=O) groups is 1. The first-order valence-corrected chi connectivity index (χ1v) is 7.53. The van der Waals surface area contributed by atoms with Crippen molar-refractivity contribution in [3.8, 4) is 5.75 Å². The number of benzene rings is 1. The summed E-state index contributed by atoms with van der Waals surface area (Å²) in [6, 6.07) is 3.71. The van der Waals surface area contributed by atoms with Crippen molar-refractivity contribution in [1.29, 1.82) is 0 Å². The molecule has 1 aromatic heterocycles. The molecule has 1 amide bonds. The van der Waals surface area contributed by atoms with Gasteiger partial charge in [0.05, 0.1) is 17.3 Å². The number of thiazole rings is 1. The summed E-state index contributed by atoms with van der Waals surface area (Å²) in [4.78, 5) is 16.1. The number of halogens is 1. The number of hydrogen-bond acceptors (Lipinski definition) is 5. The Morgan fingerprint density at radius 1 is 1.40 bits per heavy atom. The second kappa shape index (κ2) is 5.57. The molecule has 0 unspecified atom stereocenters. The molecule has 0 bridgehead atoms. The van der Waals surface area contributed by atoms with E-state index in [1.54, 1.807) is 7.11 Å². The Kier molecular flexibility index (Phi) is 4.19. The molecule has 0 saturated carbocycles. The van der Waals surface area contributed by atoms with Crippen LogP contribution in [0, 0.1) is 0 Å². The maximum absolute atomic E-state index is 11.7. The van der Waals surface area contributed by atoms with Crippen molar-refractivity contribution < 1.29 is 14.3 Å². The molecule has 1 heterocycles. The number of aromatic nitrogens is 1. The second-order valence-electron chi connectivity index (χ2n) is 5.10. The van der Waals surface area contributed by atoms with Crippen LogP contribution in [0.5, 0.6) is 5.75 Å². The fourth-order valence-corrected chi connectivity index (χ4v) is 3.09. The summed E-state index contributed by atoms with van der Waals surface area (Å²) in [6.45, 7) is 5.44. The topological polar surface area (TPSA) is 60.5 Å². The van der Waals surface area contributed by atoms with Gasteiger partial charge in [0, 0.05) is 4.47 Å². The number of rotatable bonds is 2. The quantitative estimate of drug-likeness (QED) is 0.863. The van der Waals surface area contributed by atoms with Crippen molar-refractivity contribution >= 4 is 48.7 Å². The highest BCUT2D eigenvalue weighted by Crippen LogP contribution is 2.34. The minimum absolute atomic E-state index is 0.489. The molecule has 2 rings (SSSR count). The molecule has 20 heavy (non-hydrogen) atoms. The Balaban J connectivity index is 2.24. The van der Waals surface area contributed by atoms with Gasteiger partial charge in [0.15, 0.2) is 5.13 Å². The Hall–Kier alpha value is -1.34. The van der Waals surface area contributed by atoms with Crippen molar-refractivity contribution in [3.63, 3.8) is 0 Å². The van der Waals surface area contributed by atoms with E-state index in [4.69, 9.17) is 9.47 Å². The van der Waals surface area contributed by atoms with Gasteiger partial charge in [-0.3, -0.25) is 5.32 Å². The predicted octanol–water partition coefficient (Wildman–Crippen LogP) is 4.41. The zero-order valence-electron chi connectivity index (χ0n) is 11.6. The molecular formula is C13H15BrN2O3S. The highest BCUT2D eigenvalue weighted by Gasteiger charge is 2.18. The molecule has 0 radical (unpaired) electrons. The van der Waals surface area contributed by atoms with Crippen LogP contribution in [0.3, 0.4) is 0 Å². The number of amides is 1. The van der Waals surface area contributed by atoms with E-state index in [0.717, 1.165) is 20.4 Å². The number of nitrogens with one attached hydrogen (secondary N) is 1. The lowest BCUT2D eigenvalue weighted by Crippen LogP contribution is -2.27. The smallest absolute Gasteiger partial charge is 0.413 e. The fourth-order valence-electron chi connectivity index (χ4n) is 1.53. The number of anilines is 1. The van der Waals surface area contributed by atoms with Crippen LogP contribution in [0.1, 0.15) is 20.8 Å². The minimum Gasteiger partial charge on any atom is -0.497 e. The molecule has 7 heteroatoms. The van der Waals surface area contributed by atoms with Gasteiger partial charge in [0.25, 0.3) is 0 Å². The molecule has 1 aromatic carbocycles. The summed E-state index contributed by atoms with van der Waals surface area (Å²) >= 11 is 4.80. The number of methoxy groups -OCH3 is 1. The maximum atomic E-state index is 11.7. The molecule has 108 valence electrons. The van der Waals surface area contributed by atoms with E-state index in [0.29, 0.717) is 5.13 Å². The van der Waals surface area contributed by atoms with Gasteiger partial charge < -0.3 is 9.47 Å². The molecular weight excluding hydrogens is 344 g/mol. The number of ether oxygens (including phenoxy) is 2. The van der Waals surface area contributed by atoms with E-state index in [2.05, 4.69) is 26.2 Å². The highest BCUT2D eigenvalue weighted by atomic mass is 79.9. The first-order valence-electron chi connectivity index (χ1n) is 5.92. The summed E-state index contributed by atoms with van der Waals surface area (Å²) in [5, 5.41) is 3.13. The lowest BCUT2D eigenvalue weighted by molar-refractivity contribution is 0.0636. The molecule has 1 N–H and O–H groups in total. The Bertz CT molecular complexity index is 649. The molecule has 0 saturated heterocycles. The molecule has 0 aliphatic heterocycles. The van der Waals surface area contributed by atoms with Gasteiger partial charge in [0.1, 0.15) is 11.4 Å². The van der Waals surface area contributed by atoms with Gasteiger partial charge in [0.2, 0.25) is 0 Å². The normalized spacial score (nSPS) is 11.4. The van der Waals surface area contributed by atoms with E-state index < -0.39 is 11.7 Å². The summed E-state index contributed by atoms with van der Waals surface area (Å²) in [6.07, 6.45) is -0.514. The molecule has 0 aliphatic rings. The number of nitrogens with zero attached hydrogens (tertiary/aromatic N) is 1. The molecule has 5 nitrogen and oxygen atoms in total. The molecule has 0 fully saturated rings. The molecule has 0 spiro atoms. The van der Waals surface area contributed by atoms with Gasteiger partial charge in [-0.15, -0.1) is 0 Å². The van der Waals surface area contributed by atoms with Crippen LogP contribution < -0.4 is 10.1 Å². The van der Waals surface area contributed by atoms with Crippen LogP contribution in [0.4, 0.5) is 9.93 Å². The van der Waals surface area contributed by atoms with Crippen molar-refractivity contribution in [1.82, 2.24) is 4.98 Å². The SMILES string of the molecule is COc1cc(Br)c2nc(NC(=O)OC(C)(C)C)sc2c1. The summed E-state index contributed by atoms with van der Waals surface area (Å²) < 4.78 is 12.1. The van der Waals surface area contributed by atoms with Crippen LogP contribution in [-0.4, -0.2) is 23.8 Å². The maximum Gasteiger partial charge on any atom is 0.413 e. The Morgan fingerprint density at radius 2 is 2.10 bits per heavy atom. The van der Waals surface area contributed by atoms with Crippen molar-refractivity contribution in [2.75, 3.05) is 12.4 Å². The zero-order valence-corrected chi connectivity index (χ0v) is 14.0. The largest absolute Gasteiger partial charge is 0.497 e. The van der Waals surface area contributed by atoms with E-state index in [1.807, 2.05) is 32.9 Å². The molecule has 0 atom stereocenters.